The van der Waals surface area contributed by atoms with E-state index >= 15 is 0 Å². The first-order chi connectivity index (χ1) is 8.97. The summed E-state index contributed by atoms with van der Waals surface area (Å²) in [5, 5.41) is 9.42. The molecule has 19 heavy (non-hydrogen) atoms. The van der Waals surface area contributed by atoms with Crippen LogP contribution < -0.4 is 0 Å². The molecule has 0 bridgehead atoms. The maximum Gasteiger partial charge on any atom is 0.270 e. The number of phenols is 1. The van der Waals surface area contributed by atoms with E-state index in [1.807, 2.05) is 19.3 Å². The smallest absolute Gasteiger partial charge is 0.270 e. The average Bonchev–Trinajstić information content (AvgIpc) is 2.67. The molecule has 0 radical (unpaired) electrons. The van der Waals surface area contributed by atoms with Crippen LogP contribution in [0.3, 0.4) is 0 Å². The summed E-state index contributed by atoms with van der Waals surface area (Å²) < 4.78 is 2.66. The van der Waals surface area contributed by atoms with E-state index in [-0.39, 0.29) is 11.7 Å². The first-order valence-corrected chi connectivity index (χ1v) is 6.62. The number of amides is 1. The summed E-state index contributed by atoms with van der Waals surface area (Å²) in [5.41, 5.74) is 1.51. The minimum Gasteiger partial charge on any atom is -0.508 e. The van der Waals surface area contributed by atoms with Gasteiger partial charge in [0.15, 0.2) is 0 Å². The van der Waals surface area contributed by atoms with Crippen LogP contribution in [0.4, 0.5) is 0 Å². The zero-order valence-electron chi connectivity index (χ0n) is 10.8. The Bertz CT molecular complexity index is 607. The molecule has 5 heteroatoms. The van der Waals surface area contributed by atoms with Crippen molar-refractivity contribution >= 4 is 21.8 Å². The molecular weight excluding hydrogens is 308 g/mol. The number of hydrogen-bond acceptors (Lipinski definition) is 2. The highest BCUT2D eigenvalue weighted by molar-refractivity contribution is 9.10. The number of aryl methyl sites for hydroxylation is 1. The normalized spacial score (nSPS) is 10.5. The van der Waals surface area contributed by atoms with Crippen LogP contribution in [0, 0.1) is 0 Å². The summed E-state index contributed by atoms with van der Waals surface area (Å²) in [7, 11) is 3.58. The Kier molecular flexibility index (Phi) is 3.95. The Morgan fingerprint density at radius 3 is 2.74 bits per heavy atom. The standard InChI is InChI=1S/C14H15BrN2O2/c1-16-9-11(15)7-13(16)14(19)17(2)8-10-4-3-5-12(18)6-10/h3-7,9,18H,8H2,1-2H3. The lowest BCUT2D eigenvalue weighted by Gasteiger charge is -2.17. The van der Waals surface area contributed by atoms with Crippen LogP contribution in [0.5, 0.6) is 5.75 Å². The Balaban J connectivity index is 2.14. The molecule has 1 aromatic carbocycles. The molecule has 2 rings (SSSR count). The summed E-state index contributed by atoms with van der Waals surface area (Å²) >= 11 is 3.35. The van der Waals surface area contributed by atoms with Gasteiger partial charge in [-0.1, -0.05) is 12.1 Å². The fourth-order valence-electron chi connectivity index (χ4n) is 1.93. The van der Waals surface area contributed by atoms with Crippen molar-refractivity contribution < 1.29 is 9.90 Å². The van der Waals surface area contributed by atoms with E-state index in [0.717, 1.165) is 10.0 Å². The van der Waals surface area contributed by atoms with Crippen molar-refractivity contribution in [2.45, 2.75) is 6.54 Å². The van der Waals surface area contributed by atoms with Crippen LogP contribution in [0.1, 0.15) is 16.1 Å². The van der Waals surface area contributed by atoms with Crippen molar-refractivity contribution in [3.05, 3.63) is 52.3 Å². The monoisotopic (exact) mass is 322 g/mol. The minimum atomic E-state index is -0.0588. The molecule has 0 atom stereocenters. The largest absolute Gasteiger partial charge is 0.508 e. The van der Waals surface area contributed by atoms with Crippen LogP contribution >= 0.6 is 15.9 Å². The summed E-state index contributed by atoms with van der Waals surface area (Å²) in [6.07, 6.45) is 1.84. The maximum absolute atomic E-state index is 12.3. The van der Waals surface area contributed by atoms with Crippen molar-refractivity contribution in [1.82, 2.24) is 9.47 Å². The van der Waals surface area contributed by atoms with Gasteiger partial charge in [0.2, 0.25) is 0 Å². The molecule has 0 unspecified atom stereocenters. The highest BCUT2D eigenvalue weighted by Gasteiger charge is 2.16. The second kappa shape index (κ2) is 5.48. The summed E-state index contributed by atoms with van der Waals surface area (Å²) in [6, 6.07) is 8.71. The van der Waals surface area contributed by atoms with Gasteiger partial charge >= 0.3 is 0 Å². The van der Waals surface area contributed by atoms with Crippen LogP contribution in [0.2, 0.25) is 0 Å². The highest BCUT2D eigenvalue weighted by Crippen LogP contribution is 2.17. The van der Waals surface area contributed by atoms with Crippen molar-refractivity contribution in [2.24, 2.45) is 7.05 Å². The van der Waals surface area contributed by atoms with Crippen LogP contribution in [0.15, 0.2) is 41.0 Å². The second-order valence-corrected chi connectivity index (χ2v) is 5.40. The quantitative estimate of drug-likeness (QED) is 0.944. The predicted molar refractivity (Wildman–Crippen MR) is 77.0 cm³/mol. The molecule has 2 aromatic rings. The van der Waals surface area contributed by atoms with Crippen molar-refractivity contribution in [1.29, 1.82) is 0 Å². The fraction of sp³-hybridized carbons (Fsp3) is 0.214. The summed E-state index contributed by atoms with van der Waals surface area (Å²) in [4.78, 5) is 13.9. The van der Waals surface area contributed by atoms with Gasteiger partial charge in [-0.2, -0.15) is 0 Å². The molecule has 4 nitrogen and oxygen atoms in total. The topological polar surface area (TPSA) is 45.5 Å². The molecule has 0 aliphatic heterocycles. The Morgan fingerprint density at radius 1 is 1.42 bits per heavy atom. The molecule has 1 amide bonds. The molecule has 0 saturated heterocycles. The van der Waals surface area contributed by atoms with Crippen LogP contribution in [0.25, 0.3) is 0 Å². The van der Waals surface area contributed by atoms with Gasteiger partial charge in [-0.05, 0) is 39.7 Å². The molecule has 0 saturated carbocycles. The lowest BCUT2D eigenvalue weighted by atomic mass is 10.2. The van der Waals surface area contributed by atoms with Gasteiger partial charge in [-0.25, -0.2) is 0 Å². The van der Waals surface area contributed by atoms with Gasteiger partial charge in [0.05, 0.1) is 0 Å². The van der Waals surface area contributed by atoms with Crippen molar-refractivity contribution in [3.8, 4) is 5.75 Å². The molecule has 0 fully saturated rings. The van der Waals surface area contributed by atoms with Crippen LogP contribution in [-0.4, -0.2) is 27.5 Å². The number of aromatic nitrogens is 1. The molecule has 1 N–H and O–H groups in total. The predicted octanol–water partition coefficient (Wildman–Crippen LogP) is 2.77. The minimum absolute atomic E-state index is 0.0588. The number of hydrogen-bond donors (Lipinski definition) is 1. The van der Waals surface area contributed by atoms with E-state index in [1.165, 1.54) is 0 Å². The number of halogens is 1. The first-order valence-electron chi connectivity index (χ1n) is 5.82. The summed E-state index contributed by atoms with van der Waals surface area (Å²) in [6.45, 7) is 0.454. The lowest BCUT2D eigenvalue weighted by Crippen LogP contribution is -2.27. The van der Waals surface area contributed by atoms with Gasteiger partial charge in [0, 0.05) is 31.3 Å². The van der Waals surface area contributed by atoms with E-state index in [4.69, 9.17) is 0 Å². The van der Waals surface area contributed by atoms with E-state index < -0.39 is 0 Å². The molecule has 1 aromatic heterocycles. The van der Waals surface area contributed by atoms with Gasteiger partial charge in [0.1, 0.15) is 11.4 Å². The third-order valence-corrected chi connectivity index (χ3v) is 3.30. The van der Waals surface area contributed by atoms with Crippen molar-refractivity contribution in [2.75, 3.05) is 7.05 Å². The molecule has 1 heterocycles. The van der Waals surface area contributed by atoms with Crippen LogP contribution in [-0.2, 0) is 13.6 Å². The zero-order chi connectivity index (χ0) is 14.0. The Morgan fingerprint density at radius 2 is 2.16 bits per heavy atom. The lowest BCUT2D eigenvalue weighted by molar-refractivity contribution is 0.0775. The van der Waals surface area contributed by atoms with Gasteiger partial charge in [-0.3, -0.25) is 4.79 Å². The van der Waals surface area contributed by atoms with Gasteiger partial charge in [0.25, 0.3) is 5.91 Å². The van der Waals surface area contributed by atoms with E-state index in [2.05, 4.69) is 15.9 Å². The SMILES string of the molecule is CN(Cc1cccc(O)c1)C(=O)c1cc(Br)cn1C. The van der Waals surface area contributed by atoms with Gasteiger partial charge < -0.3 is 14.6 Å². The van der Waals surface area contributed by atoms with E-state index in [9.17, 15) is 9.90 Å². The summed E-state index contributed by atoms with van der Waals surface area (Å²) in [5.74, 6) is 0.150. The first kappa shape index (κ1) is 13.7. The number of carbonyl (C=O) groups excluding carboxylic acids is 1. The maximum atomic E-state index is 12.3. The fourth-order valence-corrected chi connectivity index (χ4v) is 2.46. The molecule has 100 valence electrons. The van der Waals surface area contributed by atoms with E-state index in [0.29, 0.717) is 12.2 Å². The highest BCUT2D eigenvalue weighted by atomic mass is 79.9. The molecular formula is C14H15BrN2O2. The number of carbonyl (C=O) groups is 1. The number of benzene rings is 1. The number of aromatic hydroxyl groups is 1. The molecule has 0 spiro atoms. The third-order valence-electron chi connectivity index (χ3n) is 2.87. The Hall–Kier alpha value is -1.75. The number of nitrogens with zero attached hydrogens (tertiary/aromatic N) is 2. The van der Waals surface area contributed by atoms with Crippen molar-refractivity contribution in [3.63, 3.8) is 0 Å². The Labute approximate surface area is 120 Å². The molecule has 0 aliphatic carbocycles. The number of rotatable bonds is 3. The van der Waals surface area contributed by atoms with Gasteiger partial charge in [-0.15, -0.1) is 0 Å². The van der Waals surface area contributed by atoms with E-state index in [1.54, 1.807) is 40.8 Å². The third kappa shape index (κ3) is 3.17. The average molecular weight is 323 g/mol. The molecule has 0 aliphatic rings. The second-order valence-electron chi connectivity index (χ2n) is 4.49. The zero-order valence-corrected chi connectivity index (χ0v) is 12.4. The number of phenolic OH excluding ortho intramolecular Hbond substituents is 1.